The second-order valence-corrected chi connectivity index (χ2v) is 3.19. The molecule has 2 aromatic rings. The van der Waals surface area contributed by atoms with Gasteiger partial charge in [0.05, 0.1) is 0 Å². The summed E-state index contributed by atoms with van der Waals surface area (Å²) >= 11 is 0. The summed E-state index contributed by atoms with van der Waals surface area (Å²) in [5.74, 6) is 0. The van der Waals surface area contributed by atoms with E-state index in [-0.39, 0.29) is 0 Å². The topological polar surface area (TPSA) is 31.2 Å². The number of aryl methyl sites for hydroxylation is 1. The van der Waals surface area contributed by atoms with E-state index in [9.17, 15) is 4.79 Å². The van der Waals surface area contributed by atoms with E-state index in [1.54, 1.807) is 0 Å². The summed E-state index contributed by atoms with van der Waals surface area (Å²) in [5.41, 5.74) is 2.19. The molecular weight excluding hydrogens is 178 g/mol. The van der Waals surface area contributed by atoms with Gasteiger partial charge >= 0.3 is 0 Å². The summed E-state index contributed by atoms with van der Waals surface area (Å²) in [4.78, 5) is 10.1. The molecule has 2 rings (SSSR count). The van der Waals surface area contributed by atoms with E-state index in [0.29, 0.717) is 13.1 Å². The van der Waals surface area contributed by atoms with Gasteiger partial charge in [0.1, 0.15) is 6.61 Å². The fourth-order valence-electron chi connectivity index (χ4n) is 1.66. The number of rotatable bonds is 3. The zero-order valence-corrected chi connectivity index (χ0v) is 7.93. The van der Waals surface area contributed by atoms with Gasteiger partial charge in [0.25, 0.3) is 6.47 Å². The quantitative estimate of drug-likeness (QED) is 0.690. The Morgan fingerprint density at radius 1 is 1.43 bits per heavy atom. The molecule has 0 aliphatic heterocycles. The van der Waals surface area contributed by atoms with Gasteiger partial charge in [0.15, 0.2) is 0 Å². The van der Waals surface area contributed by atoms with Crippen LogP contribution in [0.2, 0.25) is 0 Å². The molecule has 3 heteroatoms. The van der Waals surface area contributed by atoms with Gasteiger partial charge in [-0.1, -0.05) is 18.2 Å². The maximum atomic E-state index is 10.1. The Morgan fingerprint density at radius 3 is 3.00 bits per heavy atom. The van der Waals surface area contributed by atoms with Crippen LogP contribution >= 0.6 is 0 Å². The van der Waals surface area contributed by atoms with Gasteiger partial charge in [-0.3, -0.25) is 4.79 Å². The Bertz CT molecular complexity index is 459. The number of fused-ring (bicyclic) bond motifs is 1. The van der Waals surface area contributed by atoms with Crippen molar-refractivity contribution < 1.29 is 9.53 Å². The molecule has 72 valence electrons. The summed E-state index contributed by atoms with van der Waals surface area (Å²) in [6.45, 7) is 0.812. The Kier molecular flexibility index (Phi) is 2.23. The lowest BCUT2D eigenvalue weighted by atomic mass is 10.2. The van der Waals surface area contributed by atoms with Gasteiger partial charge in [-0.15, -0.1) is 0 Å². The van der Waals surface area contributed by atoms with Gasteiger partial charge in [0, 0.05) is 29.7 Å². The summed E-state index contributed by atoms with van der Waals surface area (Å²) < 4.78 is 6.77. The van der Waals surface area contributed by atoms with Crippen LogP contribution in [0.1, 0.15) is 5.56 Å². The Morgan fingerprint density at radius 2 is 2.21 bits per heavy atom. The van der Waals surface area contributed by atoms with Crippen LogP contribution in [0, 0.1) is 0 Å². The maximum Gasteiger partial charge on any atom is 0.293 e. The molecule has 0 spiro atoms. The van der Waals surface area contributed by atoms with E-state index < -0.39 is 0 Å². The SMILES string of the molecule is Cn1cc(COC=O)c2ccccc21. The van der Waals surface area contributed by atoms with Crippen LogP contribution in [0.5, 0.6) is 0 Å². The van der Waals surface area contributed by atoms with Crippen molar-refractivity contribution in [3.05, 3.63) is 36.0 Å². The molecular formula is C11H11NO2. The molecule has 0 amide bonds. The van der Waals surface area contributed by atoms with Crippen molar-refractivity contribution >= 4 is 17.4 Å². The highest BCUT2D eigenvalue weighted by Gasteiger charge is 2.04. The fraction of sp³-hybridized carbons (Fsp3) is 0.182. The minimum absolute atomic E-state index is 0.338. The molecule has 0 saturated carbocycles. The molecule has 0 unspecified atom stereocenters. The predicted molar refractivity (Wildman–Crippen MR) is 53.8 cm³/mol. The van der Waals surface area contributed by atoms with Crippen LogP contribution in [-0.2, 0) is 23.2 Å². The third-order valence-corrected chi connectivity index (χ3v) is 2.29. The molecule has 3 nitrogen and oxygen atoms in total. The minimum atomic E-state index is 0.338. The van der Waals surface area contributed by atoms with Crippen molar-refractivity contribution in [2.45, 2.75) is 6.61 Å². The van der Waals surface area contributed by atoms with Gasteiger partial charge in [0.2, 0.25) is 0 Å². The number of para-hydroxylation sites is 1. The van der Waals surface area contributed by atoms with Crippen molar-refractivity contribution in [3.8, 4) is 0 Å². The zero-order valence-electron chi connectivity index (χ0n) is 7.93. The first-order chi connectivity index (χ1) is 6.83. The number of carbonyl (C=O) groups excluding carboxylic acids is 1. The average Bonchev–Trinajstić information content (AvgIpc) is 2.54. The smallest absolute Gasteiger partial charge is 0.293 e. The average molecular weight is 189 g/mol. The molecule has 14 heavy (non-hydrogen) atoms. The van der Waals surface area contributed by atoms with Crippen molar-refractivity contribution in [1.29, 1.82) is 0 Å². The van der Waals surface area contributed by atoms with E-state index in [1.807, 2.05) is 42.1 Å². The Labute approximate surface area is 81.9 Å². The lowest BCUT2D eigenvalue weighted by Crippen LogP contribution is -1.88. The van der Waals surface area contributed by atoms with Crippen LogP contribution in [0.4, 0.5) is 0 Å². The standard InChI is InChI=1S/C11H11NO2/c1-12-6-9(7-14-8-13)10-4-2-3-5-11(10)12/h2-6,8H,7H2,1H3. The Hall–Kier alpha value is -1.77. The van der Waals surface area contributed by atoms with Crippen LogP contribution < -0.4 is 0 Å². The third kappa shape index (κ3) is 1.37. The first-order valence-corrected chi connectivity index (χ1v) is 4.41. The number of benzene rings is 1. The lowest BCUT2D eigenvalue weighted by molar-refractivity contribution is -0.129. The van der Waals surface area contributed by atoms with E-state index in [0.717, 1.165) is 16.5 Å². The second kappa shape index (κ2) is 3.54. The second-order valence-electron chi connectivity index (χ2n) is 3.19. The first-order valence-electron chi connectivity index (χ1n) is 4.41. The molecule has 1 heterocycles. The predicted octanol–water partition coefficient (Wildman–Crippen LogP) is 1.85. The highest BCUT2D eigenvalue weighted by molar-refractivity contribution is 5.83. The van der Waals surface area contributed by atoms with E-state index >= 15 is 0 Å². The van der Waals surface area contributed by atoms with Crippen LogP contribution in [0.15, 0.2) is 30.5 Å². The normalized spacial score (nSPS) is 10.4. The summed E-state index contributed by atoms with van der Waals surface area (Å²) in [6.07, 6.45) is 1.98. The fourth-order valence-corrected chi connectivity index (χ4v) is 1.66. The highest BCUT2D eigenvalue weighted by Crippen LogP contribution is 2.20. The van der Waals surface area contributed by atoms with Crippen molar-refractivity contribution in [2.75, 3.05) is 0 Å². The molecule has 0 N–H and O–H groups in total. The molecule has 0 radical (unpaired) electrons. The summed E-state index contributed by atoms with van der Waals surface area (Å²) in [6, 6.07) is 8.04. The molecule has 0 atom stereocenters. The van der Waals surface area contributed by atoms with E-state index in [2.05, 4.69) is 0 Å². The molecule has 0 saturated heterocycles. The summed E-state index contributed by atoms with van der Waals surface area (Å²) in [5, 5.41) is 1.14. The van der Waals surface area contributed by atoms with Crippen LogP contribution in [0.3, 0.4) is 0 Å². The third-order valence-electron chi connectivity index (χ3n) is 2.29. The maximum absolute atomic E-state index is 10.1. The number of hydrogen-bond donors (Lipinski definition) is 0. The van der Waals surface area contributed by atoms with E-state index in [4.69, 9.17) is 4.74 Å². The molecule has 0 fully saturated rings. The molecule has 1 aromatic heterocycles. The number of aromatic nitrogens is 1. The zero-order chi connectivity index (χ0) is 9.97. The van der Waals surface area contributed by atoms with Gasteiger partial charge in [-0.25, -0.2) is 0 Å². The van der Waals surface area contributed by atoms with Gasteiger partial charge in [-0.2, -0.15) is 0 Å². The van der Waals surface area contributed by atoms with Crippen LogP contribution in [0.25, 0.3) is 10.9 Å². The highest BCUT2D eigenvalue weighted by atomic mass is 16.5. The molecule has 0 aliphatic rings. The monoisotopic (exact) mass is 189 g/mol. The lowest BCUT2D eigenvalue weighted by Gasteiger charge is -1.95. The number of nitrogens with zero attached hydrogens (tertiary/aromatic N) is 1. The number of carbonyl (C=O) groups is 1. The molecule has 1 aromatic carbocycles. The molecule has 0 aliphatic carbocycles. The summed E-state index contributed by atoms with van der Waals surface area (Å²) in [7, 11) is 1.98. The van der Waals surface area contributed by atoms with Crippen LogP contribution in [-0.4, -0.2) is 11.0 Å². The van der Waals surface area contributed by atoms with Gasteiger partial charge < -0.3 is 9.30 Å². The molecule has 0 bridgehead atoms. The first kappa shape index (κ1) is 8.81. The minimum Gasteiger partial charge on any atom is -0.463 e. The number of hydrogen-bond acceptors (Lipinski definition) is 2. The van der Waals surface area contributed by atoms with Crippen molar-refractivity contribution in [2.24, 2.45) is 7.05 Å². The van der Waals surface area contributed by atoms with Crippen molar-refractivity contribution in [3.63, 3.8) is 0 Å². The van der Waals surface area contributed by atoms with Crippen molar-refractivity contribution in [1.82, 2.24) is 4.57 Å². The number of ether oxygens (including phenoxy) is 1. The Balaban J connectivity index is 2.49. The largest absolute Gasteiger partial charge is 0.463 e. The van der Waals surface area contributed by atoms with Gasteiger partial charge in [-0.05, 0) is 6.07 Å². The van der Waals surface area contributed by atoms with E-state index in [1.165, 1.54) is 0 Å².